The number of rotatable bonds is 6. The molecule has 2 heterocycles. The fourth-order valence-electron chi connectivity index (χ4n) is 2.41. The molecule has 8 heteroatoms. The molecule has 0 aliphatic carbocycles. The van der Waals surface area contributed by atoms with Gasteiger partial charge in [0.2, 0.25) is 0 Å². The maximum Gasteiger partial charge on any atom is 0.409 e. The van der Waals surface area contributed by atoms with Crippen molar-refractivity contribution in [3.05, 3.63) is 22.4 Å². The second-order valence-electron chi connectivity index (χ2n) is 5.46. The van der Waals surface area contributed by atoms with Crippen LogP contribution in [0.15, 0.2) is 22.7 Å². The Hall–Kier alpha value is -2.09. The lowest BCUT2D eigenvalue weighted by Gasteiger charge is -2.31. The minimum atomic E-state index is -0.288. The van der Waals surface area contributed by atoms with Gasteiger partial charge < -0.3 is 19.8 Å². The zero-order valence-corrected chi connectivity index (χ0v) is 14.8. The lowest BCUT2D eigenvalue weighted by Crippen LogP contribution is -2.47. The second kappa shape index (κ2) is 9.27. The molecule has 0 radical (unpaired) electrons. The van der Waals surface area contributed by atoms with E-state index in [1.54, 1.807) is 23.2 Å². The number of amides is 2. The number of piperidine rings is 1. The molecule has 1 N–H and O–H groups in total. The molecule has 2 rings (SSSR count). The van der Waals surface area contributed by atoms with E-state index in [-0.39, 0.29) is 24.6 Å². The van der Waals surface area contributed by atoms with Crippen molar-refractivity contribution in [3.63, 3.8) is 0 Å². The average Bonchev–Trinajstić information content (AvgIpc) is 3.10. The molecule has 1 fully saturated rings. The second-order valence-corrected chi connectivity index (χ2v) is 6.40. The van der Waals surface area contributed by atoms with Crippen molar-refractivity contribution in [1.82, 2.24) is 10.2 Å². The van der Waals surface area contributed by atoms with Crippen LogP contribution in [0.4, 0.5) is 4.79 Å². The molecule has 0 bridgehead atoms. The van der Waals surface area contributed by atoms with E-state index in [2.05, 4.69) is 10.5 Å². The Morgan fingerprint density at radius 3 is 2.79 bits per heavy atom. The Morgan fingerprint density at radius 1 is 1.42 bits per heavy atom. The van der Waals surface area contributed by atoms with E-state index in [1.807, 2.05) is 24.4 Å². The Morgan fingerprint density at radius 2 is 2.17 bits per heavy atom. The molecule has 132 valence electrons. The van der Waals surface area contributed by atoms with Gasteiger partial charge in [-0.3, -0.25) is 4.79 Å². The van der Waals surface area contributed by atoms with Gasteiger partial charge >= 0.3 is 6.09 Å². The normalized spacial score (nSPS) is 15.9. The molecule has 1 aromatic rings. The summed E-state index contributed by atoms with van der Waals surface area (Å²) >= 11 is 1.57. The summed E-state index contributed by atoms with van der Waals surface area (Å²) in [5, 5.41) is 8.82. The van der Waals surface area contributed by atoms with E-state index >= 15 is 0 Å². The number of hydrogen-bond acceptors (Lipinski definition) is 6. The fraction of sp³-hybridized carbons (Fsp3) is 0.562. The third-order valence-electron chi connectivity index (χ3n) is 3.66. The third-order valence-corrected chi connectivity index (χ3v) is 4.64. The van der Waals surface area contributed by atoms with E-state index in [4.69, 9.17) is 9.57 Å². The SMILES string of the molecule is CCOC(=O)N1CCC(NC(=O)CON=C(C)c2cccs2)CC1. The highest BCUT2D eigenvalue weighted by molar-refractivity contribution is 7.12. The van der Waals surface area contributed by atoms with E-state index in [9.17, 15) is 9.59 Å². The molecule has 2 amide bonds. The molecule has 7 nitrogen and oxygen atoms in total. The summed E-state index contributed by atoms with van der Waals surface area (Å²) in [5.41, 5.74) is 0.751. The van der Waals surface area contributed by atoms with Crippen LogP contribution < -0.4 is 5.32 Å². The number of thiophene rings is 1. The maximum absolute atomic E-state index is 11.9. The number of nitrogens with zero attached hydrogens (tertiary/aromatic N) is 2. The van der Waals surface area contributed by atoms with Crippen LogP contribution in [-0.4, -0.2) is 55.0 Å². The molecule has 1 aliphatic heterocycles. The van der Waals surface area contributed by atoms with Crippen molar-refractivity contribution in [3.8, 4) is 0 Å². The van der Waals surface area contributed by atoms with Crippen molar-refractivity contribution >= 4 is 29.0 Å². The molecule has 0 atom stereocenters. The number of oxime groups is 1. The number of ether oxygens (including phenoxy) is 1. The van der Waals surface area contributed by atoms with Crippen LogP contribution in [0, 0.1) is 0 Å². The largest absolute Gasteiger partial charge is 0.450 e. The average molecular weight is 353 g/mol. The van der Waals surface area contributed by atoms with Crippen LogP contribution >= 0.6 is 11.3 Å². The molecule has 1 aliphatic rings. The number of nitrogens with one attached hydrogen (secondary N) is 1. The van der Waals surface area contributed by atoms with Gasteiger partial charge in [-0.05, 0) is 38.1 Å². The molecule has 24 heavy (non-hydrogen) atoms. The Labute approximate surface area is 145 Å². The molecule has 0 unspecified atom stereocenters. The standard InChI is InChI=1S/C16H23N3O4S/c1-3-22-16(21)19-8-6-13(7-9-19)17-15(20)11-23-18-12(2)14-5-4-10-24-14/h4-5,10,13H,3,6-9,11H2,1-2H3,(H,17,20). The first-order valence-electron chi connectivity index (χ1n) is 8.01. The first kappa shape index (κ1) is 18.3. The smallest absolute Gasteiger partial charge is 0.409 e. The van der Waals surface area contributed by atoms with Crippen molar-refractivity contribution in [2.24, 2.45) is 5.16 Å². The van der Waals surface area contributed by atoms with E-state index in [0.717, 1.165) is 10.6 Å². The Kier molecular flexibility index (Phi) is 7.05. The summed E-state index contributed by atoms with van der Waals surface area (Å²) in [4.78, 5) is 31.3. The quantitative estimate of drug-likeness (QED) is 0.628. The highest BCUT2D eigenvalue weighted by Crippen LogP contribution is 2.12. The van der Waals surface area contributed by atoms with E-state index in [1.165, 1.54) is 0 Å². The van der Waals surface area contributed by atoms with Crippen LogP contribution in [0.25, 0.3) is 0 Å². The number of likely N-dealkylation sites (tertiary alicyclic amines) is 1. The van der Waals surface area contributed by atoms with Crippen LogP contribution in [0.2, 0.25) is 0 Å². The molecule has 0 saturated carbocycles. The van der Waals surface area contributed by atoms with Crippen molar-refractivity contribution in [1.29, 1.82) is 0 Å². The topological polar surface area (TPSA) is 80.2 Å². The van der Waals surface area contributed by atoms with Crippen molar-refractivity contribution < 1.29 is 19.2 Å². The van der Waals surface area contributed by atoms with Crippen molar-refractivity contribution in [2.75, 3.05) is 26.3 Å². The highest BCUT2D eigenvalue weighted by Gasteiger charge is 2.24. The summed E-state index contributed by atoms with van der Waals surface area (Å²) in [7, 11) is 0. The third kappa shape index (κ3) is 5.52. The summed E-state index contributed by atoms with van der Waals surface area (Å²) in [5.74, 6) is -0.202. The van der Waals surface area contributed by atoms with Gasteiger partial charge in [0.1, 0.15) is 0 Å². The zero-order chi connectivity index (χ0) is 17.4. The van der Waals surface area contributed by atoms with Crippen LogP contribution in [0.3, 0.4) is 0 Å². The lowest BCUT2D eigenvalue weighted by atomic mass is 10.1. The van der Waals surface area contributed by atoms with Gasteiger partial charge in [0.15, 0.2) is 6.61 Å². The van der Waals surface area contributed by atoms with Gasteiger partial charge in [0.05, 0.1) is 17.2 Å². The zero-order valence-electron chi connectivity index (χ0n) is 14.0. The van der Waals surface area contributed by atoms with Crippen molar-refractivity contribution in [2.45, 2.75) is 32.7 Å². The molecule has 0 spiro atoms. The summed E-state index contributed by atoms with van der Waals surface area (Å²) in [6.07, 6.45) is 1.13. The number of carbonyl (C=O) groups excluding carboxylic acids is 2. The molecule has 0 aromatic carbocycles. The molecular weight excluding hydrogens is 330 g/mol. The van der Waals surface area contributed by atoms with Gasteiger partial charge in [-0.2, -0.15) is 0 Å². The van der Waals surface area contributed by atoms with Gasteiger partial charge in [0, 0.05) is 19.1 Å². The fourth-order valence-corrected chi connectivity index (χ4v) is 3.08. The van der Waals surface area contributed by atoms with Crippen LogP contribution in [0.1, 0.15) is 31.6 Å². The predicted octanol–water partition coefficient (Wildman–Crippen LogP) is 2.23. The summed E-state index contributed by atoms with van der Waals surface area (Å²) in [6, 6.07) is 3.94. The molecule has 1 aromatic heterocycles. The van der Waals surface area contributed by atoms with Gasteiger partial charge in [-0.25, -0.2) is 4.79 Å². The summed E-state index contributed by atoms with van der Waals surface area (Å²) in [6.45, 7) is 5.06. The monoisotopic (exact) mass is 353 g/mol. The first-order chi connectivity index (χ1) is 11.6. The highest BCUT2D eigenvalue weighted by atomic mass is 32.1. The number of hydrogen-bond donors (Lipinski definition) is 1. The van der Waals surface area contributed by atoms with Gasteiger partial charge in [-0.1, -0.05) is 11.2 Å². The van der Waals surface area contributed by atoms with E-state index in [0.29, 0.717) is 32.5 Å². The minimum Gasteiger partial charge on any atom is -0.450 e. The lowest BCUT2D eigenvalue weighted by molar-refractivity contribution is -0.126. The Balaban J connectivity index is 1.67. The van der Waals surface area contributed by atoms with Gasteiger partial charge in [0.25, 0.3) is 5.91 Å². The minimum absolute atomic E-state index is 0.0501. The molecular formula is C16H23N3O4S. The summed E-state index contributed by atoms with van der Waals surface area (Å²) < 4.78 is 4.97. The number of carbonyl (C=O) groups is 2. The van der Waals surface area contributed by atoms with E-state index < -0.39 is 0 Å². The Bertz CT molecular complexity index is 566. The predicted molar refractivity (Wildman–Crippen MR) is 92.2 cm³/mol. The van der Waals surface area contributed by atoms with Crippen LogP contribution in [0.5, 0.6) is 0 Å². The maximum atomic E-state index is 11.9. The van der Waals surface area contributed by atoms with Crippen LogP contribution in [-0.2, 0) is 14.4 Å². The first-order valence-corrected chi connectivity index (χ1v) is 8.89. The molecule has 1 saturated heterocycles. The van der Waals surface area contributed by atoms with Gasteiger partial charge in [-0.15, -0.1) is 11.3 Å².